The molecule has 0 spiro atoms. The molecule has 6 nitrogen and oxygen atoms in total. The van der Waals surface area contributed by atoms with Crippen molar-refractivity contribution >= 4 is 39.6 Å². The molecule has 8 heteroatoms. The third-order valence-corrected chi connectivity index (χ3v) is 3.78. The monoisotopic (exact) mass is 407 g/mol. The number of halogens is 2. The first-order valence-corrected chi connectivity index (χ1v) is 8.04. The zero-order valence-electron chi connectivity index (χ0n) is 13.2. The lowest BCUT2D eigenvalue weighted by Crippen LogP contribution is -2.34. The second-order valence-corrected chi connectivity index (χ2v) is 6.04. The topological polar surface area (TPSA) is 90.8 Å². The standard InChI is InChI=1S/C17H15BrFN3O3/c1-10(16(24)21-14-5-3-2-4-13(14)19)17(25)22-20-9-11-8-12(18)6-7-15(11)23/h2-10,23H,1H3,(H,21,24)(H,22,25). The summed E-state index contributed by atoms with van der Waals surface area (Å²) < 4.78 is 14.2. The average molecular weight is 408 g/mol. The summed E-state index contributed by atoms with van der Waals surface area (Å²) in [4.78, 5) is 24.0. The molecule has 0 aliphatic rings. The van der Waals surface area contributed by atoms with Gasteiger partial charge in [-0.3, -0.25) is 9.59 Å². The molecule has 2 aromatic rings. The number of carbonyl (C=O) groups is 2. The lowest BCUT2D eigenvalue weighted by atomic mass is 10.1. The first kappa shape index (κ1) is 18.6. The van der Waals surface area contributed by atoms with E-state index in [1.54, 1.807) is 18.2 Å². The summed E-state index contributed by atoms with van der Waals surface area (Å²) in [5.41, 5.74) is 2.59. The highest BCUT2D eigenvalue weighted by Gasteiger charge is 2.22. The zero-order valence-corrected chi connectivity index (χ0v) is 14.7. The second kappa shape index (κ2) is 8.39. The molecule has 1 unspecified atom stereocenters. The van der Waals surface area contributed by atoms with Gasteiger partial charge in [-0.2, -0.15) is 5.10 Å². The van der Waals surface area contributed by atoms with E-state index in [-0.39, 0.29) is 11.4 Å². The Morgan fingerprint density at radius 2 is 1.96 bits per heavy atom. The number of carbonyl (C=O) groups excluding carboxylic acids is 2. The van der Waals surface area contributed by atoms with Crippen molar-refractivity contribution in [3.05, 3.63) is 58.3 Å². The molecule has 0 aliphatic heterocycles. The minimum Gasteiger partial charge on any atom is -0.507 e. The Morgan fingerprint density at radius 3 is 2.68 bits per heavy atom. The van der Waals surface area contributed by atoms with Crippen LogP contribution in [0.15, 0.2) is 52.0 Å². The number of hydrogen-bond donors (Lipinski definition) is 3. The lowest BCUT2D eigenvalue weighted by molar-refractivity contribution is -0.131. The first-order chi connectivity index (χ1) is 11.9. The van der Waals surface area contributed by atoms with Crippen LogP contribution in [0.1, 0.15) is 12.5 Å². The number of amides is 2. The van der Waals surface area contributed by atoms with E-state index in [9.17, 15) is 19.1 Å². The average Bonchev–Trinajstić information content (AvgIpc) is 2.59. The number of hydrogen-bond acceptors (Lipinski definition) is 4. The minimum atomic E-state index is -1.09. The SMILES string of the molecule is CC(C(=O)NN=Cc1cc(Br)ccc1O)C(=O)Nc1ccccc1F. The Kier molecular flexibility index (Phi) is 6.24. The van der Waals surface area contributed by atoms with E-state index < -0.39 is 23.5 Å². The minimum absolute atomic E-state index is 0.00490. The first-order valence-electron chi connectivity index (χ1n) is 7.25. The van der Waals surface area contributed by atoms with Crippen molar-refractivity contribution in [2.45, 2.75) is 6.92 Å². The lowest BCUT2D eigenvalue weighted by Gasteiger charge is -2.11. The Balaban J connectivity index is 1.95. The molecule has 1 atom stereocenters. The molecule has 0 saturated heterocycles. The van der Waals surface area contributed by atoms with Crippen LogP contribution in [0.2, 0.25) is 0 Å². The van der Waals surface area contributed by atoms with Crippen LogP contribution in [-0.2, 0) is 9.59 Å². The summed E-state index contributed by atoms with van der Waals surface area (Å²) in [6.45, 7) is 1.37. The molecule has 0 aliphatic carbocycles. The van der Waals surface area contributed by atoms with E-state index >= 15 is 0 Å². The van der Waals surface area contributed by atoms with Gasteiger partial charge in [0, 0.05) is 10.0 Å². The predicted molar refractivity (Wildman–Crippen MR) is 95.7 cm³/mol. The summed E-state index contributed by atoms with van der Waals surface area (Å²) in [7, 11) is 0. The van der Waals surface area contributed by atoms with Crippen LogP contribution in [0.4, 0.5) is 10.1 Å². The maximum atomic E-state index is 13.5. The third kappa shape index (κ3) is 5.12. The van der Waals surface area contributed by atoms with Gasteiger partial charge < -0.3 is 10.4 Å². The number of hydrazone groups is 1. The fraction of sp³-hybridized carbons (Fsp3) is 0.118. The van der Waals surface area contributed by atoms with E-state index in [0.29, 0.717) is 5.56 Å². The van der Waals surface area contributed by atoms with Crippen LogP contribution in [0.5, 0.6) is 5.75 Å². The number of para-hydroxylation sites is 1. The van der Waals surface area contributed by atoms with Crippen molar-refractivity contribution < 1.29 is 19.1 Å². The van der Waals surface area contributed by atoms with Crippen LogP contribution in [0.25, 0.3) is 0 Å². The quantitative estimate of drug-likeness (QED) is 0.404. The fourth-order valence-corrected chi connectivity index (χ4v) is 2.19. The molecule has 130 valence electrons. The van der Waals surface area contributed by atoms with Crippen molar-refractivity contribution in [3.63, 3.8) is 0 Å². The second-order valence-electron chi connectivity index (χ2n) is 5.13. The van der Waals surface area contributed by atoms with Gasteiger partial charge >= 0.3 is 0 Å². The molecule has 2 aromatic carbocycles. The Morgan fingerprint density at radius 1 is 1.24 bits per heavy atom. The van der Waals surface area contributed by atoms with Gasteiger partial charge in [-0.05, 0) is 37.3 Å². The summed E-state index contributed by atoms with van der Waals surface area (Å²) in [6.07, 6.45) is 1.25. The molecule has 0 saturated carbocycles. The normalized spacial score (nSPS) is 12.0. The van der Waals surface area contributed by atoms with Gasteiger partial charge in [-0.15, -0.1) is 0 Å². The van der Waals surface area contributed by atoms with Crippen molar-refractivity contribution in [2.75, 3.05) is 5.32 Å². The highest BCUT2D eigenvalue weighted by Crippen LogP contribution is 2.20. The Bertz CT molecular complexity index is 827. The van der Waals surface area contributed by atoms with E-state index in [0.717, 1.165) is 4.47 Å². The molecular weight excluding hydrogens is 393 g/mol. The maximum absolute atomic E-state index is 13.5. The van der Waals surface area contributed by atoms with Crippen LogP contribution in [0, 0.1) is 11.7 Å². The van der Waals surface area contributed by atoms with Gasteiger partial charge in [0.2, 0.25) is 5.91 Å². The van der Waals surface area contributed by atoms with Gasteiger partial charge in [-0.1, -0.05) is 28.1 Å². The van der Waals surface area contributed by atoms with Crippen LogP contribution in [-0.4, -0.2) is 23.1 Å². The summed E-state index contributed by atoms with van der Waals surface area (Å²) in [6, 6.07) is 10.4. The molecule has 0 heterocycles. The molecular formula is C17H15BrFN3O3. The van der Waals surface area contributed by atoms with Gasteiger partial charge in [0.05, 0.1) is 11.9 Å². The molecule has 0 radical (unpaired) electrons. The molecule has 2 amide bonds. The number of benzene rings is 2. The number of aromatic hydroxyl groups is 1. The Hall–Kier alpha value is -2.74. The van der Waals surface area contributed by atoms with Crippen molar-refractivity contribution in [1.29, 1.82) is 0 Å². The van der Waals surface area contributed by atoms with Crippen LogP contribution in [0.3, 0.4) is 0 Å². The number of phenols is 1. The highest BCUT2D eigenvalue weighted by atomic mass is 79.9. The molecule has 0 bridgehead atoms. The van der Waals surface area contributed by atoms with Crippen molar-refractivity contribution in [3.8, 4) is 5.75 Å². The highest BCUT2D eigenvalue weighted by molar-refractivity contribution is 9.10. The predicted octanol–water partition coefficient (Wildman–Crippen LogP) is 3.02. The molecule has 25 heavy (non-hydrogen) atoms. The van der Waals surface area contributed by atoms with Crippen LogP contribution >= 0.6 is 15.9 Å². The smallest absolute Gasteiger partial charge is 0.252 e. The number of nitrogens with zero attached hydrogens (tertiary/aromatic N) is 1. The van der Waals surface area contributed by atoms with Crippen molar-refractivity contribution in [2.24, 2.45) is 11.0 Å². The van der Waals surface area contributed by atoms with Crippen LogP contribution < -0.4 is 10.7 Å². The van der Waals surface area contributed by atoms with Gasteiger partial charge in [0.15, 0.2) is 0 Å². The number of phenolic OH excluding ortho intramolecular Hbond substituents is 1. The van der Waals surface area contributed by atoms with E-state index in [4.69, 9.17) is 0 Å². The summed E-state index contributed by atoms with van der Waals surface area (Å²) >= 11 is 3.25. The van der Waals surface area contributed by atoms with Gasteiger partial charge in [-0.25, -0.2) is 9.82 Å². The fourth-order valence-electron chi connectivity index (χ4n) is 1.81. The summed E-state index contributed by atoms with van der Waals surface area (Å²) in [5.74, 6) is -3.02. The molecule has 2 rings (SSSR count). The van der Waals surface area contributed by atoms with E-state index in [1.807, 2.05) is 0 Å². The Labute approximate surface area is 151 Å². The summed E-state index contributed by atoms with van der Waals surface area (Å²) in [5, 5.41) is 15.7. The molecule has 0 aromatic heterocycles. The maximum Gasteiger partial charge on any atom is 0.252 e. The number of nitrogens with one attached hydrogen (secondary N) is 2. The van der Waals surface area contributed by atoms with E-state index in [1.165, 1.54) is 37.4 Å². The van der Waals surface area contributed by atoms with Gasteiger partial charge in [0.1, 0.15) is 17.5 Å². The van der Waals surface area contributed by atoms with E-state index in [2.05, 4.69) is 31.8 Å². The number of rotatable bonds is 5. The van der Waals surface area contributed by atoms with Gasteiger partial charge in [0.25, 0.3) is 5.91 Å². The molecule has 0 fully saturated rings. The third-order valence-electron chi connectivity index (χ3n) is 3.29. The largest absolute Gasteiger partial charge is 0.507 e. The number of anilines is 1. The van der Waals surface area contributed by atoms with Crippen molar-refractivity contribution in [1.82, 2.24) is 5.43 Å². The zero-order chi connectivity index (χ0) is 18.4. The molecule has 3 N–H and O–H groups in total.